The molecule has 1 N–H and O–H groups in total. The summed E-state index contributed by atoms with van der Waals surface area (Å²) in [6, 6.07) is 0. The van der Waals surface area contributed by atoms with Crippen molar-refractivity contribution in [3.8, 4) is 0 Å². The Bertz CT molecular complexity index is 246. The van der Waals surface area contributed by atoms with Crippen LogP contribution in [0.3, 0.4) is 0 Å². The Morgan fingerprint density at radius 1 is 0.591 bits per heavy atom. The van der Waals surface area contributed by atoms with Gasteiger partial charge in [-0.2, -0.15) is 0 Å². The number of aliphatic hydroxyl groups excluding tert-OH is 1. The Hall–Kier alpha value is 0.190. The lowest BCUT2D eigenvalue weighted by Crippen LogP contribution is -2.03. The zero-order valence-corrected chi connectivity index (χ0v) is 16.2. The van der Waals surface area contributed by atoms with Gasteiger partial charge < -0.3 is 9.67 Å². The van der Waals surface area contributed by atoms with E-state index in [0.717, 1.165) is 37.7 Å². The van der Waals surface area contributed by atoms with Gasteiger partial charge in [0.15, 0.2) is 0 Å². The second-order valence-corrected chi connectivity index (χ2v) is 10.3. The summed E-state index contributed by atoms with van der Waals surface area (Å²) in [6.07, 6.45) is 18.6. The van der Waals surface area contributed by atoms with Gasteiger partial charge in [-0.05, 0) is 19.3 Å². The Balaban J connectivity index is 3.87. The second kappa shape index (κ2) is 16.1. The summed E-state index contributed by atoms with van der Waals surface area (Å²) in [4.78, 5) is 0. The molecule has 0 aromatic heterocycles. The van der Waals surface area contributed by atoms with Gasteiger partial charge in [0.05, 0.1) is 7.14 Å². The average Bonchev–Trinajstić information content (AvgIpc) is 2.52. The molecule has 2 nitrogen and oxygen atoms in total. The summed E-state index contributed by atoms with van der Waals surface area (Å²) in [7, 11) is -2.01. The molecule has 0 aliphatic rings. The fourth-order valence-corrected chi connectivity index (χ4v) is 6.04. The molecule has 0 unspecified atom stereocenters. The minimum Gasteiger partial charge on any atom is -0.396 e. The molecule has 0 atom stereocenters. The van der Waals surface area contributed by atoms with E-state index in [1.54, 1.807) is 0 Å². The summed E-state index contributed by atoms with van der Waals surface area (Å²) < 4.78 is 13.0. The zero-order valence-electron chi connectivity index (χ0n) is 15.3. The normalized spacial score (nSPS) is 12.0. The molecule has 0 aromatic rings. The van der Waals surface area contributed by atoms with Crippen molar-refractivity contribution in [3.05, 3.63) is 0 Å². The molecule has 0 fully saturated rings. The lowest BCUT2D eigenvalue weighted by Gasteiger charge is -2.18. The number of unbranched alkanes of at least 4 members (excludes halogenated alkanes) is 10. The van der Waals surface area contributed by atoms with Gasteiger partial charge >= 0.3 is 0 Å². The molecule has 0 aromatic carbocycles. The highest BCUT2D eigenvalue weighted by Gasteiger charge is 2.20. The van der Waals surface area contributed by atoms with E-state index in [1.165, 1.54) is 64.2 Å². The average molecular weight is 333 g/mol. The Kier molecular flexibility index (Phi) is 16.2. The first-order valence-electron chi connectivity index (χ1n) is 9.86. The van der Waals surface area contributed by atoms with Crippen LogP contribution in [0.1, 0.15) is 97.3 Å². The maximum absolute atomic E-state index is 13.0. The van der Waals surface area contributed by atoms with E-state index in [-0.39, 0.29) is 6.61 Å². The quantitative estimate of drug-likeness (QED) is 0.245. The molecule has 0 saturated heterocycles. The van der Waals surface area contributed by atoms with E-state index in [9.17, 15) is 4.57 Å². The van der Waals surface area contributed by atoms with E-state index in [0.29, 0.717) is 0 Å². The third kappa shape index (κ3) is 13.8. The van der Waals surface area contributed by atoms with Crippen molar-refractivity contribution in [3.63, 3.8) is 0 Å². The molecule has 0 aliphatic heterocycles. The highest BCUT2D eigenvalue weighted by Crippen LogP contribution is 2.48. The van der Waals surface area contributed by atoms with Crippen molar-refractivity contribution < 1.29 is 9.67 Å². The molecule has 0 radical (unpaired) electrons. The standard InChI is InChI=1S/C19H41O2P/c1-3-5-7-9-11-13-17-22(21,19-15-16-20)18-14-12-10-8-6-4-2/h20H,3-19H2,1-2H3. The zero-order chi connectivity index (χ0) is 16.5. The summed E-state index contributed by atoms with van der Waals surface area (Å²) in [5, 5.41) is 9.05. The summed E-state index contributed by atoms with van der Waals surface area (Å²) in [5.41, 5.74) is 0. The molecule has 0 bridgehead atoms. The van der Waals surface area contributed by atoms with Crippen molar-refractivity contribution in [2.45, 2.75) is 97.3 Å². The maximum Gasteiger partial charge on any atom is 0.0878 e. The van der Waals surface area contributed by atoms with Crippen LogP contribution in [0, 0.1) is 0 Å². The fraction of sp³-hybridized carbons (Fsp3) is 1.00. The summed E-state index contributed by atoms with van der Waals surface area (Å²) in [6.45, 7) is 4.67. The monoisotopic (exact) mass is 332 g/mol. The van der Waals surface area contributed by atoms with Gasteiger partial charge in [-0.1, -0.05) is 78.1 Å². The number of aliphatic hydroxyl groups is 1. The van der Waals surface area contributed by atoms with Gasteiger partial charge in [-0.25, -0.2) is 0 Å². The van der Waals surface area contributed by atoms with Crippen molar-refractivity contribution in [2.75, 3.05) is 25.1 Å². The Labute approximate surface area is 139 Å². The second-order valence-electron chi connectivity index (χ2n) is 6.84. The van der Waals surface area contributed by atoms with E-state index >= 15 is 0 Å². The number of hydrogen-bond acceptors (Lipinski definition) is 2. The van der Waals surface area contributed by atoms with Gasteiger partial charge in [-0.3, -0.25) is 0 Å². The highest BCUT2D eigenvalue weighted by molar-refractivity contribution is 7.63. The lowest BCUT2D eigenvalue weighted by molar-refractivity contribution is 0.295. The molecule has 0 saturated carbocycles. The molecular formula is C19H41O2P. The highest BCUT2D eigenvalue weighted by atomic mass is 31.2. The molecule has 22 heavy (non-hydrogen) atoms. The van der Waals surface area contributed by atoms with Gasteiger partial charge in [0.1, 0.15) is 0 Å². The van der Waals surface area contributed by atoms with Crippen LogP contribution < -0.4 is 0 Å². The third-order valence-corrected chi connectivity index (χ3v) is 7.96. The van der Waals surface area contributed by atoms with Gasteiger partial charge in [-0.15, -0.1) is 0 Å². The number of hydrogen-bond donors (Lipinski definition) is 1. The molecule has 0 heterocycles. The van der Waals surface area contributed by atoms with E-state index in [2.05, 4.69) is 13.8 Å². The van der Waals surface area contributed by atoms with Crippen molar-refractivity contribution in [1.82, 2.24) is 0 Å². The first-order valence-corrected chi connectivity index (χ1v) is 12.1. The third-order valence-electron chi connectivity index (χ3n) is 4.56. The van der Waals surface area contributed by atoms with E-state index in [4.69, 9.17) is 5.11 Å². The van der Waals surface area contributed by atoms with Crippen molar-refractivity contribution in [1.29, 1.82) is 0 Å². The van der Waals surface area contributed by atoms with Crippen molar-refractivity contribution in [2.24, 2.45) is 0 Å². The van der Waals surface area contributed by atoms with E-state index < -0.39 is 7.14 Å². The molecule has 0 amide bonds. The molecule has 3 heteroatoms. The van der Waals surface area contributed by atoms with Crippen LogP contribution in [0.15, 0.2) is 0 Å². The Morgan fingerprint density at radius 3 is 1.36 bits per heavy atom. The fourth-order valence-electron chi connectivity index (χ4n) is 3.05. The van der Waals surface area contributed by atoms with Gasteiger partial charge in [0.25, 0.3) is 0 Å². The lowest BCUT2D eigenvalue weighted by atomic mass is 10.1. The van der Waals surface area contributed by atoms with Gasteiger partial charge in [0.2, 0.25) is 0 Å². The Morgan fingerprint density at radius 2 is 0.955 bits per heavy atom. The van der Waals surface area contributed by atoms with Crippen molar-refractivity contribution >= 4 is 7.14 Å². The molecule has 0 spiro atoms. The first kappa shape index (κ1) is 22.2. The molecule has 0 rings (SSSR count). The predicted molar refractivity (Wildman–Crippen MR) is 101 cm³/mol. The predicted octanol–water partition coefficient (Wildman–Crippen LogP) is 6.45. The first-order chi connectivity index (χ1) is 10.7. The molecular weight excluding hydrogens is 291 g/mol. The summed E-state index contributed by atoms with van der Waals surface area (Å²) in [5.74, 6) is 0. The van der Waals surface area contributed by atoms with Crippen LogP contribution in [-0.2, 0) is 4.57 Å². The van der Waals surface area contributed by atoms with Crippen LogP contribution >= 0.6 is 7.14 Å². The van der Waals surface area contributed by atoms with Gasteiger partial charge in [0, 0.05) is 25.1 Å². The van der Waals surface area contributed by atoms with Crippen LogP contribution in [0.25, 0.3) is 0 Å². The smallest absolute Gasteiger partial charge is 0.0878 e. The van der Waals surface area contributed by atoms with Crippen LogP contribution in [0.4, 0.5) is 0 Å². The maximum atomic E-state index is 13.0. The SMILES string of the molecule is CCCCCCCCP(=O)(CCCO)CCCCCCCC. The largest absolute Gasteiger partial charge is 0.396 e. The molecule has 134 valence electrons. The molecule has 0 aliphatic carbocycles. The van der Waals surface area contributed by atoms with Crippen LogP contribution in [0.2, 0.25) is 0 Å². The minimum atomic E-state index is -2.01. The minimum absolute atomic E-state index is 0.191. The topological polar surface area (TPSA) is 37.3 Å². The van der Waals surface area contributed by atoms with Crippen LogP contribution in [0.5, 0.6) is 0 Å². The van der Waals surface area contributed by atoms with Crippen LogP contribution in [-0.4, -0.2) is 30.2 Å². The summed E-state index contributed by atoms with van der Waals surface area (Å²) >= 11 is 0. The van der Waals surface area contributed by atoms with E-state index in [1.807, 2.05) is 0 Å². The number of rotatable bonds is 17.